The third kappa shape index (κ3) is 3.70. The number of rotatable bonds is 4. The van der Waals surface area contributed by atoms with Gasteiger partial charge in [0.2, 0.25) is 11.8 Å². The summed E-state index contributed by atoms with van der Waals surface area (Å²) >= 11 is 0. The molecule has 2 heterocycles. The van der Waals surface area contributed by atoms with Gasteiger partial charge in [0.05, 0.1) is 0 Å². The Morgan fingerprint density at radius 2 is 1.83 bits per heavy atom. The molecule has 0 aliphatic carbocycles. The lowest BCUT2D eigenvalue weighted by atomic mass is 10.0. The molecule has 7 heteroatoms. The van der Waals surface area contributed by atoms with Crippen molar-refractivity contribution >= 4 is 29.3 Å². The van der Waals surface area contributed by atoms with Gasteiger partial charge in [-0.3, -0.25) is 24.5 Å². The maximum Gasteiger partial charge on any atom is 0.255 e. The first kappa shape index (κ1) is 19.8. The number of nitrogens with zero attached hydrogens (tertiary/aromatic N) is 1. The minimum Gasteiger partial charge on any atom is -0.322 e. The fourth-order valence-corrected chi connectivity index (χ4v) is 3.86. The summed E-state index contributed by atoms with van der Waals surface area (Å²) in [4.78, 5) is 50.5. The lowest BCUT2D eigenvalue weighted by molar-refractivity contribution is -0.136. The van der Waals surface area contributed by atoms with Crippen LogP contribution in [-0.2, 0) is 16.1 Å². The van der Waals surface area contributed by atoms with Crippen LogP contribution >= 0.6 is 0 Å². The van der Waals surface area contributed by atoms with Crippen LogP contribution in [0.4, 0.5) is 5.69 Å². The monoisotopic (exact) mass is 405 g/mol. The average Bonchev–Trinajstić information content (AvgIpc) is 3.04. The fourth-order valence-electron chi connectivity index (χ4n) is 3.86. The van der Waals surface area contributed by atoms with E-state index >= 15 is 0 Å². The number of amides is 4. The number of hydrogen-bond donors (Lipinski definition) is 2. The predicted molar refractivity (Wildman–Crippen MR) is 111 cm³/mol. The summed E-state index contributed by atoms with van der Waals surface area (Å²) in [5.74, 6) is -0.885. The van der Waals surface area contributed by atoms with Crippen LogP contribution in [0.25, 0.3) is 0 Å². The molecule has 1 fully saturated rings. The zero-order valence-corrected chi connectivity index (χ0v) is 16.9. The van der Waals surface area contributed by atoms with Crippen LogP contribution in [0.15, 0.2) is 42.5 Å². The Morgan fingerprint density at radius 3 is 2.50 bits per heavy atom. The van der Waals surface area contributed by atoms with Gasteiger partial charge in [0.15, 0.2) is 0 Å². The predicted octanol–water partition coefficient (Wildman–Crippen LogP) is 2.82. The van der Waals surface area contributed by atoms with E-state index in [9.17, 15) is 19.2 Å². The largest absolute Gasteiger partial charge is 0.322 e. The number of anilines is 1. The molecular weight excluding hydrogens is 382 g/mol. The molecule has 0 bridgehead atoms. The molecule has 0 spiro atoms. The molecule has 2 N–H and O–H groups in total. The molecule has 7 nitrogen and oxygen atoms in total. The van der Waals surface area contributed by atoms with Gasteiger partial charge in [0.1, 0.15) is 6.04 Å². The van der Waals surface area contributed by atoms with Gasteiger partial charge in [-0.05, 0) is 47.7 Å². The van der Waals surface area contributed by atoms with Gasteiger partial charge in [0.25, 0.3) is 11.8 Å². The standard InChI is InChI=1S/C23H23N3O4/c1-13(2)14-3-5-15(6-4-14)21(28)24-17-8-7-16-12-26(23(30)18(16)11-17)19-9-10-20(27)25-22(19)29/h3-8,11,13,19H,9-10,12H2,1-2H3,(H,24,28)(H,25,27,29). The number of nitrogens with one attached hydrogen (secondary N) is 2. The van der Waals surface area contributed by atoms with Crippen molar-refractivity contribution in [3.63, 3.8) is 0 Å². The van der Waals surface area contributed by atoms with Gasteiger partial charge in [-0.1, -0.05) is 32.0 Å². The van der Waals surface area contributed by atoms with Gasteiger partial charge in [-0.25, -0.2) is 0 Å². The molecule has 1 unspecified atom stereocenters. The van der Waals surface area contributed by atoms with Crippen molar-refractivity contribution in [3.05, 3.63) is 64.7 Å². The number of hydrogen-bond acceptors (Lipinski definition) is 4. The topological polar surface area (TPSA) is 95.6 Å². The molecule has 30 heavy (non-hydrogen) atoms. The molecule has 1 atom stereocenters. The summed E-state index contributed by atoms with van der Waals surface area (Å²) in [5.41, 5.74) is 3.47. The maximum absolute atomic E-state index is 12.9. The maximum atomic E-state index is 12.9. The van der Waals surface area contributed by atoms with Gasteiger partial charge in [-0.15, -0.1) is 0 Å². The third-order valence-electron chi connectivity index (χ3n) is 5.63. The number of imide groups is 1. The zero-order valence-electron chi connectivity index (χ0n) is 16.9. The van der Waals surface area contributed by atoms with Crippen molar-refractivity contribution in [2.45, 2.75) is 45.2 Å². The average molecular weight is 405 g/mol. The highest BCUT2D eigenvalue weighted by Crippen LogP contribution is 2.29. The fraction of sp³-hybridized carbons (Fsp3) is 0.304. The van der Waals surface area contributed by atoms with Crippen LogP contribution in [0.3, 0.4) is 0 Å². The summed E-state index contributed by atoms with van der Waals surface area (Å²) in [5, 5.41) is 5.12. The molecule has 2 aromatic carbocycles. The van der Waals surface area contributed by atoms with Crippen LogP contribution in [0.2, 0.25) is 0 Å². The summed E-state index contributed by atoms with van der Waals surface area (Å²) in [6.07, 6.45) is 0.536. The molecule has 0 radical (unpaired) electrons. The van der Waals surface area contributed by atoms with E-state index in [0.29, 0.717) is 35.7 Å². The number of carbonyl (C=O) groups excluding carboxylic acids is 4. The first-order valence-electron chi connectivity index (χ1n) is 10.0. The summed E-state index contributed by atoms with van der Waals surface area (Å²) in [7, 11) is 0. The van der Waals surface area contributed by atoms with Crippen LogP contribution in [-0.4, -0.2) is 34.6 Å². The Morgan fingerprint density at radius 1 is 1.10 bits per heavy atom. The smallest absolute Gasteiger partial charge is 0.255 e. The van der Waals surface area contributed by atoms with Crippen molar-refractivity contribution in [2.24, 2.45) is 0 Å². The summed E-state index contributed by atoms with van der Waals surface area (Å²) < 4.78 is 0. The third-order valence-corrected chi connectivity index (χ3v) is 5.63. The second kappa shape index (κ2) is 7.74. The van der Waals surface area contributed by atoms with Crippen LogP contribution in [0, 0.1) is 0 Å². The molecule has 4 rings (SSSR count). The molecule has 0 aromatic heterocycles. The molecule has 4 amide bonds. The number of fused-ring (bicyclic) bond motifs is 1. The number of piperidine rings is 1. The van der Waals surface area contributed by atoms with Gasteiger partial charge in [0, 0.05) is 29.8 Å². The Balaban J connectivity index is 1.48. The molecule has 0 saturated carbocycles. The summed E-state index contributed by atoms with van der Waals surface area (Å²) in [6, 6.07) is 12.0. The van der Waals surface area contributed by atoms with Gasteiger partial charge < -0.3 is 10.2 Å². The number of benzene rings is 2. The van der Waals surface area contributed by atoms with E-state index in [-0.39, 0.29) is 24.1 Å². The molecule has 2 aromatic rings. The molecule has 1 saturated heterocycles. The second-order valence-electron chi connectivity index (χ2n) is 8.00. The Labute approximate surface area is 174 Å². The van der Waals surface area contributed by atoms with E-state index in [1.165, 1.54) is 4.90 Å². The molecule has 154 valence electrons. The van der Waals surface area contributed by atoms with Gasteiger partial charge >= 0.3 is 0 Å². The molecular formula is C23H23N3O4. The van der Waals surface area contributed by atoms with Crippen LogP contribution < -0.4 is 10.6 Å². The Hall–Kier alpha value is -3.48. The normalized spacial score (nSPS) is 18.4. The first-order valence-corrected chi connectivity index (χ1v) is 10.0. The zero-order chi connectivity index (χ0) is 21.4. The van der Waals surface area contributed by atoms with Crippen LogP contribution in [0.1, 0.15) is 64.4 Å². The number of carbonyl (C=O) groups is 4. The summed E-state index contributed by atoms with van der Waals surface area (Å²) in [6.45, 7) is 4.49. The molecule has 2 aliphatic heterocycles. The van der Waals surface area contributed by atoms with E-state index < -0.39 is 11.9 Å². The first-order chi connectivity index (χ1) is 14.3. The van der Waals surface area contributed by atoms with Crippen molar-refractivity contribution in [1.82, 2.24) is 10.2 Å². The van der Waals surface area contributed by atoms with E-state index in [2.05, 4.69) is 24.5 Å². The van der Waals surface area contributed by atoms with Crippen molar-refractivity contribution in [1.29, 1.82) is 0 Å². The van der Waals surface area contributed by atoms with E-state index in [1.807, 2.05) is 12.1 Å². The van der Waals surface area contributed by atoms with E-state index in [0.717, 1.165) is 11.1 Å². The van der Waals surface area contributed by atoms with E-state index in [4.69, 9.17) is 0 Å². The van der Waals surface area contributed by atoms with Crippen molar-refractivity contribution < 1.29 is 19.2 Å². The highest BCUT2D eigenvalue weighted by atomic mass is 16.2. The lowest BCUT2D eigenvalue weighted by Gasteiger charge is -2.29. The van der Waals surface area contributed by atoms with Gasteiger partial charge in [-0.2, -0.15) is 0 Å². The minimum absolute atomic E-state index is 0.216. The highest BCUT2D eigenvalue weighted by molar-refractivity contribution is 6.07. The Bertz CT molecular complexity index is 1040. The van der Waals surface area contributed by atoms with Crippen molar-refractivity contribution in [3.8, 4) is 0 Å². The van der Waals surface area contributed by atoms with Crippen LogP contribution in [0.5, 0.6) is 0 Å². The second-order valence-corrected chi connectivity index (χ2v) is 8.00. The highest BCUT2D eigenvalue weighted by Gasteiger charge is 2.39. The SMILES string of the molecule is CC(C)c1ccc(C(=O)Nc2ccc3c(c2)C(=O)N(C2CCC(=O)NC2=O)C3)cc1. The quantitative estimate of drug-likeness (QED) is 0.765. The van der Waals surface area contributed by atoms with E-state index in [1.54, 1.807) is 30.3 Å². The van der Waals surface area contributed by atoms with Crippen molar-refractivity contribution in [2.75, 3.05) is 5.32 Å². The minimum atomic E-state index is -0.653. The molecule has 2 aliphatic rings. The lowest BCUT2D eigenvalue weighted by Crippen LogP contribution is -2.52. The Kier molecular flexibility index (Phi) is 5.11.